The molecule has 0 aliphatic carbocycles. The highest BCUT2D eigenvalue weighted by molar-refractivity contribution is 5.86. The van der Waals surface area contributed by atoms with Gasteiger partial charge in [-0.2, -0.15) is 5.10 Å². The highest BCUT2D eigenvalue weighted by Gasteiger charge is 2.20. The fourth-order valence-corrected chi connectivity index (χ4v) is 3.12. The van der Waals surface area contributed by atoms with Gasteiger partial charge >= 0.3 is 0 Å². The number of aromatic amines is 1. The fourth-order valence-electron chi connectivity index (χ4n) is 3.12. The van der Waals surface area contributed by atoms with E-state index in [-0.39, 0.29) is 0 Å². The molecule has 1 aliphatic heterocycles. The lowest BCUT2D eigenvalue weighted by Crippen LogP contribution is -2.47. The molecule has 4 rings (SSSR count). The van der Waals surface area contributed by atoms with Crippen molar-refractivity contribution in [3.63, 3.8) is 0 Å². The van der Waals surface area contributed by atoms with Crippen LogP contribution < -0.4 is 4.90 Å². The number of nitrogens with zero attached hydrogens (tertiary/aromatic N) is 5. The summed E-state index contributed by atoms with van der Waals surface area (Å²) in [7, 11) is 0. The summed E-state index contributed by atoms with van der Waals surface area (Å²) in [5.74, 6) is 0.992. The number of rotatable bonds is 4. The number of hydrogen-bond donors (Lipinski definition) is 1. The lowest BCUT2D eigenvalue weighted by Gasteiger charge is -2.35. The van der Waals surface area contributed by atoms with Crippen molar-refractivity contribution in [1.29, 1.82) is 0 Å². The van der Waals surface area contributed by atoms with Crippen molar-refractivity contribution in [1.82, 2.24) is 25.1 Å². The van der Waals surface area contributed by atoms with Crippen molar-refractivity contribution in [2.45, 2.75) is 6.42 Å². The van der Waals surface area contributed by atoms with Crippen molar-refractivity contribution < 1.29 is 0 Å². The quantitative estimate of drug-likeness (QED) is 0.795. The first-order valence-corrected chi connectivity index (χ1v) is 8.05. The van der Waals surface area contributed by atoms with Gasteiger partial charge in [-0.3, -0.25) is 10.00 Å². The zero-order valence-electron chi connectivity index (χ0n) is 13.0. The third-order valence-electron chi connectivity index (χ3n) is 4.46. The molecule has 1 aliphatic rings. The standard InChI is InChI=1S/C17H20N6/c1-2-4-14(5-3-1)6-7-22-8-10-23(11-9-22)17-15-12-20-21-16(15)18-13-19-17/h1-5,12-13H,6-11H2,(H,18,19,20,21). The minimum atomic E-state index is 0.807. The molecule has 2 aromatic heterocycles. The van der Waals surface area contributed by atoms with Gasteiger partial charge in [-0.15, -0.1) is 0 Å². The molecular weight excluding hydrogens is 288 g/mol. The first kappa shape index (κ1) is 14.1. The Morgan fingerprint density at radius 2 is 1.83 bits per heavy atom. The van der Waals surface area contributed by atoms with Gasteiger partial charge in [-0.25, -0.2) is 9.97 Å². The van der Waals surface area contributed by atoms with E-state index < -0.39 is 0 Å². The summed E-state index contributed by atoms with van der Waals surface area (Å²) in [5, 5.41) is 7.98. The van der Waals surface area contributed by atoms with Crippen LogP contribution in [0, 0.1) is 0 Å². The molecule has 0 bridgehead atoms. The summed E-state index contributed by atoms with van der Waals surface area (Å²) >= 11 is 0. The minimum Gasteiger partial charge on any atom is -0.353 e. The maximum atomic E-state index is 4.46. The number of hydrogen-bond acceptors (Lipinski definition) is 5. The molecule has 1 fully saturated rings. The van der Waals surface area contributed by atoms with E-state index >= 15 is 0 Å². The Labute approximate surface area is 135 Å². The van der Waals surface area contributed by atoms with Crippen LogP contribution in [0.15, 0.2) is 42.9 Å². The van der Waals surface area contributed by atoms with Gasteiger partial charge < -0.3 is 4.90 Å². The van der Waals surface area contributed by atoms with Crippen LogP contribution in [0.1, 0.15) is 5.56 Å². The number of piperazine rings is 1. The van der Waals surface area contributed by atoms with Crippen molar-refractivity contribution in [2.75, 3.05) is 37.6 Å². The van der Waals surface area contributed by atoms with Crippen LogP contribution in [0.5, 0.6) is 0 Å². The van der Waals surface area contributed by atoms with Gasteiger partial charge in [-0.1, -0.05) is 30.3 Å². The molecule has 0 atom stereocenters. The molecule has 0 amide bonds. The summed E-state index contributed by atoms with van der Waals surface area (Å²) in [6.45, 7) is 5.23. The number of aromatic nitrogens is 4. The Kier molecular flexibility index (Phi) is 3.90. The summed E-state index contributed by atoms with van der Waals surface area (Å²) in [5.41, 5.74) is 2.22. The fraction of sp³-hybridized carbons (Fsp3) is 0.353. The lowest BCUT2D eigenvalue weighted by atomic mass is 10.1. The second-order valence-corrected chi connectivity index (χ2v) is 5.89. The first-order chi connectivity index (χ1) is 11.4. The Hall–Kier alpha value is -2.47. The molecule has 3 aromatic rings. The van der Waals surface area contributed by atoms with Crippen LogP contribution in [-0.4, -0.2) is 57.8 Å². The SMILES string of the molecule is c1ccc(CCN2CCN(c3ncnc4[nH]ncc34)CC2)cc1. The van der Waals surface area contributed by atoms with Gasteiger partial charge in [0.1, 0.15) is 12.1 Å². The molecule has 6 nitrogen and oxygen atoms in total. The topological polar surface area (TPSA) is 60.9 Å². The summed E-state index contributed by atoms with van der Waals surface area (Å²) in [4.78, 5) is 13.5. The maximum Gasteiger partial charge on any atom is 0.160 e. The Morgan fingerprint density at radius 3 is 2.65 bits per heavy atom. The van der Waals surface area contributed by atoms with Crippen LogP contribution in [0.25, 0.3) is 11.0 Å². The first-order valence-electron chi connectivity index (χ1n) is 8.05. The molecule has 118 valence electrons. The van der Waals surface area contributed by atoms with Crippen LogP contribution in [0.3, 0.4) is 0 Å². The Bertz CT molecular complexity index is 761. The van der Waals surface area contributed by atoms with Crippen LogP contribution in [0.4, 0.5) is 5.82 Å². The van der Waals surface area contributed by atoms with Crippen LogP contribution in [0.2, 0.25) is 0 Å². The number of anilines is 1. The number of nitrogens with one attached hydrogen (secondary N) is 1. The van der Waals surface area contributed by atoms with E-state index in [1.54, 1.807) is 6.33 Å². The van der Waals surface area contributed by atoms with Gasteiger partial charge in [0, 0.05) is 32.7 Å². The lowest BCUT2D eigenvalue weighted by molar-refractivity contribution is 0.260. The molecule has 23 heavy (non-hydrogen) atoms. The van der Waals surface area contributed by atoms with Gasteiger partial charge in [-0.05, 0) is 12.0 Å². The van der Waals surface area contributed by atoms with Crippen molar-refractivity contribution >= 4 is 16.9 Å². The smallest absolute Gasteiger partial charge is 0.160 e. The van der Waals surface area contributed by atoms with E-state index in [2.05, 4.69) is 60.3 Å². The second-order valence-electron chi connectivity index (χ2n) is 5.89. The van der Waals surface area contributed by atoms with E-state index in [9.17, 15) is 0 Å². The normalized spacial score (nSPS) is 16.1. The monoisotopic (exact) mass is 308 g/mol. The molecule has 0 unspecified atom stereocenters. The summed E-state index contributed by atoms with van der Waals surface area (Å²) in [6, 6.07) is 10.7. The Balaban J connectivity index is 1.37. The third-order valence-corrected chi connectivity index (χ3v) is 4.46. The molecular formula is C17H20N6. The molecule has 1 aromatic carbocycles. The zero-order chi connectivity index (χ0) is 15.5. The predicted molar refractivity (Wildman–Crippen MR) is 90.5 cm³/mol. The summed E-state index contributed by atoms with van der Waals surface area (Å²) < 4.78 is 0. The number of fused-ring (bicyclic) bond motifs is 1. The molecule has 0 spiro atoms. The highest BCUT2D eigenvalue weighted by Crippen LogP contribution is 2.22. The Morgan fingerprint density at radius 1 is 1.00 bits per heavy atom. The maximum absolute atomic E-state index is 4.46. The van der Waals surface area contributed by atoms with Gasteiger partial charge in [0.2, 0.25) is 0 Å². The average Bonchev–Trinajstić information content (AvgIpc) is 3.10. The van der Waals surface area contributed by atoms with Gasteiger partial charge in [0.25, 0.3) is 0 Å². The van der Waals surface area contributed by atoms with E-state index in [4.69, 9.17) is 0 Å². The molecule has 0 radical (unpaired) electrons. The van der Waals surface area contributed by atoms with E-state index in [0.717, 1.165) is 56.0 Å². The predicted octanol–water partition coefficient (Wildman–Crippen LogP) is 1.72. The minimum absolute atomic E-state index is 0.807. The zero-order valence-corrected chi connectivity index (χ0v) is 13.0. The van der Waals surface area contributed by atoms with E-state index in [1.165, 1.54) is 5.56 Å². The average molecular weight is 308 g/mol. The third kappa shape index (κ3) is 3.03. The van der Waals surface area contributed by atoms with E-state index in [1.807, 2.05) is 6.20 Å². The highest BCUT2D eigenvalue weighted by atomic mass is 15.3. The number of benzene rings is 1. The summed E-state index contributed by atoms with van der Waals surface area (Å²) in [6.07, 6.45) is 4.53. The van der Waals surface area contributed by atoms with Gasteiger partial charge in [0.15, 0.2) is 5.65 Å². The largest absolute Gasteiger partial charge is 0.353 e. The van der Waals surface area contributed by atoms with Crippen molar-refractivity contribution in [3.05, 3.63) is 48.4 Å². The second kappa shape index (κ2) is 6.34. The molecule has 1 N–H and O–H groups in total. The number of H-pyrrole nitrogens is 1. The van der Waals surface area contributed by atoms with Gasteiger partial charge in [0.05, 0.1) is 11.6 Å². The van der Waals surface area contributed by atoms with Crippen molar-refractivity contribution in [3.8, 4) is 0 Å². The molecule has 1 saturated heterocycles. The van der Waals surface area contributed by atoms with E-state index in [0.29, 0.717) is 0 Å². The van der Waals surface area contributed by atoms with Crippen LogP contribution >= 0.6 is 0 Å². The van der Waals surface area contributed by atoms with Crippen LogP contribution in [-0.2, 0) is 6.42 Å². The molecule has 0 saturated carbocycles. The molecule has 6 heteroatoms. The van der Waals surface area contributed by atoms with Crippen molar-refractivity contribution in [2.24, 2.45) is 0 Å². The molecule has 3 heterocycles.